The molecule has 0 fully saturated rings. The largest absolute Gasteiger partial charge is 0.286 e. The van der Waals surface area contributed by atoms with E-state index in [1.807, 2.05) is 0 Å². The standard InChI is InChI=1S/C3H6OS3/c4-3(7-6)1-2-5/h5-6H,1-2H2. The van der Waals surface area contributed by atoms with Gasteiger partial charge < -0.3 is 0 Å². The van der Waals surface area contributed by atoms with Crippen LogP contribution in [0.4, 0.5) is 0 Å². The van der Waals surface area contributed by atoms with Crippen molar-refractivity contribution >= 4 is 40.2 Å². The molecular weight excluding hydrogens is 148 g/mol. The van der Waals surface area contributed by atoms with E-state index in [1.54, 1.807) is 0 Å². The van der Waals surface area contributed by atoms with Crippen molar-refractivity contribution in [3.63, 3.8) is 0 Å². The molecule has 0 aromatic rings. The van der Waals surface area contributed by atoms with E-state index in [0.717, 1.165) is 10.8 Å². The molecule has 0 spiro atoms. The second kappa shape index (κ2) is 4.87. The van der Waals surface area contributed by atoms with Gasteiger partial charge in [0.25, 0.3) is 0 Å². The van der Waals surface area contributed by atoms with Gasteiger partial charge in [-0.25, -0.2) is 0 Å². The molecule has 0 rings (SSSR count). The summed E-state index contributed by atoms with van der Waals surface area (Å²) >= 11 is 7.53. The van der Waals surface area contributed by atoms with Crippen LogP contribution in [0.2, 0.25) is 0 Å². The third kappa shape index (κ3) is 4.58. The van der Waals surface area contributed by atoms with Gasteiger partial charge in [-0.2, -0.15) is 12.6 Å². The molecule has 0 aromatic carbocycles. The second-order valence-electron chi connectivity index (χ2n) is 0.937. The van der Waals surface area contributed by atoms with Crippen LogP contribution < -0.4 is 0 Å². The predicted octanol–water partition coefficient (Wildman–Crippen LogP) is 1.41. The first-order valence-corrected chi connectivity index (χ1v) is 4.26. The first kappa shape index (κ1) is 7.72. The Balaban J connectivity index is 3.00. The minimum absolute atomic E-state index is 0.0818. The number of carbonyl (C=O) groups excluding carboxylic acids is 1. The van der Waals surface area contributed by atoms with Crippen molar-refractivity contribution in [2.45, 2.75) is 6.42 Å². The van der Waals surface area contributed by atoms with Crippen LogP contribution in [0.25, 0.3) is 0 Å². The Kier molecular flexibility index (Phi) is 5.37. The van der Waals surface area contributed by atoms with Gasteiger partial charge in [-0.15, -0.1) is 11.7 Å². The molecule has 0 saturated heterocycles. The average molecular weight is 154 g/mol. The van der Waals surface area contributed by atoms with E-state index in [9.17, 15) is 4.79 Å². The number of carbonyl (C=O) groups is 1. The summed E-state index contributed by atoms with van der Waals surface area (Å²) in [6.07, 6.45) is 0.511. The average Bonchev–Trinajstić information content (AvgIpc) is 1.68. The van der Waals surface area contributed by atoms with Gasteiger partial charge >= 0.3 is 0 Å². The van der Waals surface area contributed by atoms with Crippen molar-refractivity contribution in [2.24, 2.45) is 0 Å². The van der Waals surface area contributed by atoms with Crippen molar-refractivity contribution in [3.8, 4) is 0 Å². The lowest BCUT2D eigenvalue weighted by Gasteiger charge is -1.85. The molecule has 0 unspecified atom stereocenters. The molecule has 1 nitrogen and oxygen atoms in total. The normalized spacial score (nSPS) is 8.86. The van der Waals surface area contributed by atoms with Crippen molar-refractivity contribution in [1.29, 1.82) is 0 Å². The maximum absolute atomic E-state index is 10.2. The van der Waals surface area contributed by atoms with Crippen LogP contribution in [0.15, 0.2) is 0 Å². The van der Waals surface area contributed by atoms with E-state index in [1.165, 1.54) is 0 Å². The fourth-order valence-corrected chi connectivity index (χ4v) is 0.959. The van der Waals surface area contributed by atoms with Crippen molar-refractivity contribution < 1.29 is 4.79 Å². The zero-order valence-corrected chi connectivity index (χ0v) is 6.23. The van der Waals surface area contributed by atoms with Crippen LogP contribution in [0.1, 0.15) is 6.42 Å². The number of rotatable bonds is 2. The second-order valence-corrected chi connectivity index (χ2v) is 2.57. The molecule has 0 aliphatic rings. The minimum Gasteiger partial charge on any atom is -0.286 e. The van der Waals surface area contributed by atoms with E-state index in [-0.39, 0.29) is 5.12 Å². The van der Waals surface area contributed by atoms with Crippen molar-refractivity contribution in [2.75, 3.05) is 5.75 Å². The van der Waals surface area contributed by atoms with Gasteiger partial charge in [-0.1, -0.05) is 0 Å². The van der Waals surface area contributed by atoms with E-state index >= 15 is 0 Å². The molecule has 7 heavy (non-hydrogen) atoms. The highest BCUT2D eigenvalue weighted by molar-refractivity contribution is 8.74. The Bertz CT molecular complexity index is 63.2. The monoisotopic (exact) mass is 154 g/mol. The van der Waals surface area contributed by atoms with Gasteiger partial charge in [-0.05, 0) is 16.5 Å². The summed E-state index contributed by atoms with van der Waals surface area (Å²) in [4.78, 5) is 10.2. The molecule has 0 saturated carbocycles. The van der Waals surface area contributed by atoms with Crippen LogP contribution in [0.3, 0.4) is 0 Å². The summed E-state index contributed by atoms with van der Waals surface area (Å²) in [6.45, 7) is 0. The highest BCUT2D eigenvalue weighted by atomic mass is 33.1. The van der Waals surface area contributed by atoms with Crippen molar-refractivity contribution in [3.05, 3.63) is 0 Å². The van der Waals surface area contributed by atoms with Gasteiger partial charge in [0.05, 0.1) is 0 Å². The number of hydrogen-bond donors (Lipinski definition) is 2. The Labute approximate surface area is 57.5 Å². The van der Waals surface area contributed by atoms with Crippen molar-refractivity contribution in [1.82, 2.24) is 0 Å². The fourth-order valence-electron chi connectivity index (χ4n) is 0.137. The number of thiol groups is 2. The highest BCUT2D eigenvalue weighted by Gasteiger charge is 1.93. The SMILES string of the molecule is O=C(CCS)SS. The molecule has 0 aliphatic heterocycles. The van der Waals surface area contributed by atoms with E-state index in [4.69, 9.17) is 0 Å². The molecule has 0 N–H and O–H groups in total. The molecular formula is C3H6OS3. The summed E-state index contributed by atoms with van der Waals surface area (Å²) in [5, 5.41) is 0.0818. The molecule has 0 heterocycles. The lowest BCUT2D eigenvalue weighted by atomic mass is 10.5. The quantitative estimate of drug-likeness (QED) is 0.462. The van der Waals surface area contributed by atoms with E-state index in [2.05, 4.69) is 24.3 Å². The molecule has 0 atom stereocenters. The molecule has 0 aliphatic carbocycles. The van der Waals surface area contributed by atoms with Crippen LogP contribution in [-0.4, -0.2) is 10.9 Å². The third-order valence-corrected chi connectivity index (χ3v) is 1.66. The summed E-state index contributed by atoms with van der Waals surface area (Å²) < 4.78 is 0. The zero-order valence-electron chi connectivity index (χ0n) is 3.63. The first-order valence-electron chi connectivity index (χ1n) is 1.76. The Morgan fingerprint density at radius 3 is 2.43 bits per heavy atom. The van der Waals surface area contributed by atoms with Gasteiger partial charge in [0.2, 0.25) is 0 Å². The van der Waals surface area contributed by atoms with Gasteiger partial charge in [0.15, 0.2) is 5.12 Å². The third-order valence-electron chi connectivity index (χ3n) is 0.418. The summed E-state index contributed by atoms with van der Waals surface area (Å²) in [7, 11) is 0.956. The molecule has 0 aromatic heterocycles. The van der Waals surface area contributed by atoms with Crippen LogP contribution in [0.5, 0.6) is 0 Å². The number of hydrogen-bond acceptors (Lipinski definition) is 4. The zero-order chi connectivity index (χ0) is 5.70. The van der Waals surface area contributed by atoms with E-state index < -0.39 is 0 Å². The molecule has 42 valence electrons. The molecule has 4 heteroatoms. The topological polar surface area (TPSA) is 17.1 Å². The first-order chi connectivity index (χ1) is 3.31. The van der Waals surface area contributed by atoms with E-state index in [0.29, 0.717) is 12.2 Å². The smallest absolute Gasteiger partial charge is 0.200 e. The van der Waals surface area contributed by atoms with Crippen LogP contribution in [0, 0.1) is 0 Å². The van der Waals surface area contributed by atoms with Crippen LogP contribution in [-0.2, 0) is 4.79 Å². The highest BCUT2D eigenvalue weighted by Crippen LogP contribution is 2.08. The minimum atomic E-state index is 0.0818. The lowest BCUT2D eigenvalue weighted by Crippen LogP contribution is -1.86. The van der Waals surface area contributed by atoms with Gasteiger partial charge in [-0.3, -0.25) is 4.79 Å². The summed E-state index contributed by atoms with van der Waals surface area (Å²) in [5.74, 6) is 0.617. The fraction of sp³-hybridized carbons (Fsp3) is 0.667. The van der Waals surface area contributed by atoms with Gasteiger partial charge in [0, 0.05) is 6.42 Å². The molecule has 0 radical (unpaired) electrons. The molecule has 0 amide bonds. The predicted molar refractivity (Wildman–Crippen MR) is 40.1 cm³/mol. The van der Waals surface area contributed by atoms with Crippen LogP contribution >= 0.6 is 35.1 Å². The van der Waals surface area contributed by atoms with Gasteiger partial charge in [0.1, 0.15) is 0 Å². The Morgan fingerprint density at radius 2 is 2.29 bits per heavy atom. The Hall–Kier alpha value is 0.720. The Morgan fingerprint density at radius 1 is 1.71 bits per heavy atom. The summed E-state index contributed by atoms with van der Waals surface area (Å²) in [5.41, 5.74) is 0. The lowest BCUT2D eigenvalue weighted by molar-refractivity contribution is -0.110. The summed E-state index contributed by atoms with van der Waals surface area (Å²) in [6, 6.07) is 0. The molecule has 0 bridgehead atoms. The maximum Gasteiger partial charge on any atom is 0.200 e. The maximum atomic E-state index is 10.2.